The number of fused-ring (bicyclic) bond motifs is 2. The van der Waals surface area contributed by atoms with E-state index >= 15 is 0 Å². The Kier molecular flexibility index (Phi) is 5.53. The largest absolute Gasteiger partial charge is 0.465 e. The Bertz CT molecular complexity index is 1420. The number of aryl methyl sites for hydroxylation is 2. The van der Waals surface area contributed by atoms with E-state index < -0.39 is 17.2 Å². The summed E-state index contributed by atoms with van der Waals surface area (Å²) >= 11 is 1.29. The van der Waals surface area contributed by atoms with Gasteiger partial charge in [0.2, 0.25) is 0 Å². The Hall–Kier alpha value is -3.20. The van der Waals surface area contributed by atoms with Gasteiger partial charge < -0.3 is 9.30 Å². The summed E-state index contributed by atoms with van der Waals surface area (Å²) in [6.45, 7) is 4.68. The Morgan fingerprint density at radius 1 is 1.16 bits per heavy atom. The minimum atomic E-state index is -0.582. The zero-order chi connectivity index (χ0) is 22.3. The molecule has 0 saturated heterocycles. The molecule has 31 heavy (non-hydrogen) atoms. The molecular formula is C22H24N4O4S. The summed E-state index contributed by atoms with van der Waals surface area (Å²) in [5.41, 5.74) is 1.18. The van der Waals surface area contributed by atoms with Gasteiger partial charge in [-0.15, -0.1) is 11.3 Å². The number of aromatic nitrogens is 4. The Morgan fingerprint density at radius 2 is 1.90 bits per heavy atom. The summed E-state index contributed by atoms with van der Waals surface area (Å²) in [5.74, 6) is 0.332. The quantitative estimate of drug-likeness (QED) is 0.430. The summed E-state index contributed by atoms with van der Waals surface area (Å²) in [6.07, 6.45) is 1.71. The lowest BCUT2D eigenvalue weighted by Gasteiger charge is -2.09. The van der Waals surface area contributed by atoms with Gasteiger partial charge in [0.1, 0.15) is 10.7 Å². The maximum absolute atomic E-state index is 13.0. The molecule has 0 amide bonds. The first-order valence-electron chi connectivity index (χ1n) is 10.2. The van der Waals surface area contributed by atoms with Crippen LogP contribution in [-0.4, -0.2) is 31.8 Å². The van der Waals surface area contributed by atoms with Crippen LogP contribution in [0.3, 0.4) is 0 Å². The molecule has 0 N–H and O–H groups in total. The lowest BCUT2D eigenvalue weighted by atomic mass is 10.1. The summed E-state index contributed by atoms with van der Waals surface area (Å²) in [6, 6.07) is 7.85. The first-order valence-corrected chi connectivity index (χ1v) is 11.0. The van der Waals surface area contributed by atoms with Gasteiger partial charge in [-0.05, 0) is 25.5 Å². The Morgan fingerprint density at radius 3 is 2.58 bits per heavy atom. The molecule has 4 rings (SSSR count). The Labute approximate surface area is 182 Å². The van der Waals surface area contributed by atoms with Crippen LogP contribution in [0.5, 0.6) is 0 Å². The molecular weight excluding hydrogens is 416 g/mol. The molecule has 0 saturated carbocycles. The van der Waals surface area contributed by atoms with E-state index in [2.05, 4.69) is 11.5 Å². The van der Waals surface area contributed by atoms with Crippen molar-refractivity contribution in [1.82, 2.24) is 18.7 Å². The lowest BCUT2D eigenvalue weighted by molar-refractivity contribution is 0.0602. The van der Waals surface area contributed by atoms with E-state index in [0.29, 0.717) is 22.8 Å². The molecule has 0 spiro atoms. The number of imidazole rings is 1. The van der Waals surface area contributed by atoms with E-state index in [9.17, 15) is 14.4 Å². The van der Waals surface area contributed by atoms with Gasteiger partial charge in [-0.25, -0.2) is 14.6 Å². The molecule has 3 aromatic heterocycles. The average Bonchev–Trinajstić information content (AvgIpc) is 3.31. The number of esters is 1. The summed E-state index contributed by atoms with van der Waals surface area (Å²) < 4.78 is 9.68. The molecule has 0 bridgehead atoms. The fourth-order valence-corrected chi connectivity index (χ4v) is 5.27. The second kappa shape index (κ2) is 8.14. The number of benzene rings is 1. The number of thiophene rings is 1. The summed E-state index contributed by atoms with van der Waals surface area (Å²) in [5, 5.41) is 0.234. The lowest BCUT2D eigenvalue weighted by Crippen LogP contribution is -2.37. The highest BCUT2D eigenvalue weighted by Crippen LogP contribution is 2.31. The average molecular weight is 441 g/mol. The first kappa shape index (κ1) is 21.0. The molecule has 1 aromatic carbocycles. The van der Waals surface area contributed by atoms with Crippen LogP contribution in [0.15, 0.2) is 33.9 Å². The molecule has 3 heterocycles. The molecule has 9 heteroatoms. The van der Waals surface area contributed by atoms with Crippen molar-refractivity contribution in [2.45, 2.75) is 39.8 Å². The monoisotopic (exact) mass is 440 g/mol. The minimum absolute atomic E-state index is 0.227. The van der Waals surface area contributed by atoms with Crippen molar-refractivity contribution in [3.8, 4) is 0 Å². The number of para-hydroxylation sites is 2. The van der Waals surface area contributed by atoms with Crippen LogP contribution in [0.1, 0.15) is 41.3 Å². The molecule has 4 aromatic rings. The maximum atomic E-state index is 13.0. The van der Waals surface area contributed by atoms with Gasteiger partial charge >= 0.3 is 11.7 Å². The zero-order valence-electron chi connectivity index (χ0n) is 18.0. The van der Waals surface area contributed by atoms with Gasteiger partial charge in [0.05, 0.1) is 35.6 Å². The van der Waals surface area contributed by atoms with E-state index in [1.807, 2.05) is 31.2 Å². The van der Waals surface area contributed by atoms with Crippen molar-refractivity contribution in [3.63, 3.8) is 0 Å². The number of methoxy groups -OCH3 is 1. The highest BCUT2D eigenvalue weighted by molar-refractivity contribution is 7.19. The fourth-order valence-electron chi connectivity index (χ4n) is 3.94. The third-order valence-electron chi connectivity index (χ3n) is 5.46. The number of rotatable bonds is 6. The second-order valence-corrected chi connectivity index (χ2v) is 8.40. The number of carbonyl (C=O) groups is 1. The van der Waals surface area contributed by atoms with Crippen molar-refractivity contribution < 1.29 is 9.53 Å². The maximum Gasteiger partial charge on any atom is 0.339 e. The second-order valence-electron chi connectivity index (χ2n) is 7.32. The van der Waals surface area contributed by atoms with Crippen molar-refractivity contribution >= 4 is 38.6 Å². The van der Waals surface area contributed by atoms with Crippen LogP contribution in [0, 0.1) is 0 Å². The smallest absolute Gasteiger partial charge is 0.339 e. The van der Waals surface area contributed by atoms with E-state index in [1.165, 1.54) is 30.1 Å². The molecule has 0 fully saturated rings. The van der Waals surface area contributed by atoms with Gasteiger partial charge in [-0.1, -0.05) is 19.1 Å². The molecule has 0 radical (unpaired) electrons. The van der Waals surface area contributed by atoms with E-state index in [0.717, 1.165) is 34.3 Å². The van der Waals surface area contributed by atoms with E-state index in [1.54, 1.807) is 0 Å². The van der Waals surface area contributed by atoms with Crippen LogP contribution in [0.2, 0.25) is 0 Å². The van der Waals surface area contributed by atoms with Gasteiger partial charge in [0.25, 0.3) is 5.56 Å². The van der Waals surface area contributed by atoms with Crippen molar-refractivity contribution in [2.75, 3.05) is 7.11 Å². The van der Waals surface area contributed by atoms with Crippen molar-refractivity contribution in [1.29, 1.82) is 0 Å². The van der Waals surface area contributed by atoms with Crippen molar-refractivity contribution in [3.05, 3.63) is 61.4 Å². The van der Waals surface area contributed by atoms with Gasteiger partial charge in [-0.3, -0.25) is 13.9 Å². The number of hydrogen-bond acceptors (Lipinski definition) is 6. The topological polar surface area (TPSA) is 88.1 Å². The van der Waals surface area contributed by atoms with Crippen molar-refractivity contribution in [2.24, 2.45) is 7.05 Å². The molecule has 0 unspecified atom stereocenters. The molecule has 0 aliphatic heterocycles. The SMILES string of the molecule is CCCc1nc2ccccc2n1Cc1sc2c(c1C(=O)OC)c(=O)n(C)c(=O)n2CC. The molecule has 162 valence electrons. The normalized spacial score (nSPS) is 11.5. The van der Waals surface area contributed by atoms with Crippen LogP contribution in [-0.2, 0) is 31.3 Å². The third-order valence-corrected chi connectivity index (χ3v) is 6.66. The van der Waals surface area contributed by atoms with E-state index in [4.69, 9.17) is 9.72 Å². The van der Waals surface area contributed by atoms with E-state index in [-0.39, 0.29) is 10.9 Å². The predicted octanol–water partition coefficient (Wildman–Crippen LogP) is 2.92. The van der Waals surface area contributed by atoms with Crippen LogP contribution < -0.4 is 11.2 Å². The van der Waals surface area contributed by atoms with Gasteiger partial charge in [-0.2, -0.15) is 0 Å². The van der Waals surface area contributed by atoms with Gasteiger partial charge in [0, 0.05) is 24.9 Å². The van der Waals surface area contributed by atoms with Crippen LogP contribution >= 0.6 is 11.3 Å². The molecule has 0 aliphatic carbocycles. The van der Waals surface area contributed by atoms with Crippen LogP contribution in [0.4, 0.5) is 0 Å². The van der Waals surface area contributed by atoms with Gasteiger partial charge in [0.15, 0.2) is 0 Å². The summed E-state index contributed by atoms with van der Waals surface area (Å²) in [7, 11) is 2.72. The molecule has 0 atom stereocenters. The highest BCUT2D eigenvalue weighted by Gasteiger charge is 2.26. The summed E-state index contributed by atoms with van der Waals surface area (Å²) in [4.78, 5) is 44.3. The fraction of sp³-hybridized carbons (Fsp3) is 0.364. The Balaban J connectivity index is 2.04. The zero-order valence-corrected chi connectivity index (χ0v) is 18.8. The number of nitrogens with zero attached hydrogens (tertiary/aromatic N) is 4. The molecule has 8 nitrogen and oxygen atoms in total. The predicted molar refractivity (Wildman–Crippen MR) is 121 cm³/mol. The van der Waals surface area contributed by atoms with Crippen LogP contribution in [0.25, 0.3) is 21.3 Å². The standard InChI is InChI=1S/C22H24N4O4S/c1-5-9-16-23-13-10-7-8-11-14(13)26(16)12-15-17(21(28)30-4)18-19(27)24(3)22(29)25(6-2)20(18)31-15/h7-8,10-11H,5-6,9,12H2,1-4H3. The third kappa shape index (κ3) is 3.29. The number of hydrogen-bond donors (Lipinski definition) is 0. The molecule has 0 aliphatic rings. The highest BCUT2D eigenvalue weighted by atomic mass is 32.1. The minimum Gasteiger partial charge on any atom is -0.465 e. The first-order chi connectivity index (χ1) is 14.9. The number of carbonyl (C=O) groups excluding carboxylic acids is 1. The number of ether oxygens (including phenoxy) is 1.